The minimum atomic E-state index is -0.462. The highest BCUT2D eigenvalue weighted by molar-refractivity contribution is 6.03. The van der Waals surface area contributed by atoms with Crippen molar-refractivity contribution in [2.45, 2.75) is 45.2 Å². The molecule has 2 saturated heterocycles. The number of carbonyl (C=O) groups excluding carboxylic acids is 2. The van der Waals surface area contributed by atoms with Crippen molar-refractivity contribution in [2.75, 3.05) is 31.1 Å². The predicted molar refractivity (Wildman–Crippen MR) is 117 cm³/mol. The summed E-state index contributed by atoms with van der Waals surface area (Å²) in [4.78, 5) is 29.8. The van der Waals surface area contributed by atoms with Gasteiger partial charge in [-0.15, -0.1) is 17.5 Å². The second-order valence-corrected chi connectivity index (χ2v) is 7.67. The van der Waals surface area contributed by atoms with Gasteiger partial charge in [0.25, 0.3) is 5.91 Å². The second kappa shape index (κ2) is 9.57. The van der Waals surface area contributed by atoms with Gasteiger partial charge in [-0.3, -0.25) is 9.59 Å². The monoisotopic (exact) mass is 432 g/mol. The average Bonchev–Trinajstić information content (AvgIpc) is 3.33. The van der Waals surface area contributed by atoms with Gasteiger partial charge in [-0.05, 0) is 58.3 Å². The molecule has 1 N–H and O–H groups in total. The van der Waals surface area contributed by atoms with Crippen LogP contribution < -0.4 is 10.2 Å². The zero-order valence-corrected chi connectivity index (χ0v) is 18.3. The molecule has 0 spiro atoms. The van der Waals surface area contributed by atoms with E-state index < -0.39 is 6.04 Å². The van der Waals surface area contributed by atoms with Crippen LogP contribution in [0.25, 0.3) is 0 Å². The van der Waals surface area contributed by atoms with Crippen molar-refractivity contribution in [3.8, 4) is 0 Å². The highest BCUT2D eigenvalue weighted by Gasteiger charge is 2.39. The van der Waals surface area contributed by atoms with Gasteiger partial charge in [0.1, 0.15) is 6.04 Å². The van der Waals surface area contributed by atoms with Crippen LogP contribution in [0.2, 0.25) is 0 Å². The number of benzene rings is 1. The van der Waals surface area contributed by atoms with Crippen LogP contribution in [0.3, 0.4) is 0 Å². The van der Waals surface area contributed by atoms with Crippen molar-refractivity contribution in [3.05, 3.63) is 41.7 Å². The molecule has 3 heterocycles. The number of likely N-dealkylation sites (N-methyl/N-ethyl adjacent to an activating group) is 1. The molecule has 0 aliphatic carbocycles. The number of nitrogens with one attached hydrogen (secondary N) is 1. The molecule has 2 aliphatic rings. The summed E-state index contributed by atoms with van der Waals surface area (Å²) in [6, 6.07) is 9.42. The molecule has 8 nitrogen and oxygen atoms in total. The van der Waals surface area contributed by atoms with Gasteiger partial charge in [0.2, 0.25) is 5.91 Å². The number of nitrogens with zero attached hydrogens (tertiary/aromatic N) is 5. The van der Waals surface area contributed by atoms with Gasteiger partial charge in [-0.2, -0.15) is 0 Å². The van der Waals surface area contributed by atoms with E-state index in [9.17, 15) is 9.59 Å². The van der Waals surface area contributed by atoms with Crippen LogP contribution >= 0.6 is 12.4 Å². The Bertz CT molecular complexity index is 881. The van der Waals surface area contributed by atoms with Gasteiger partial charge in [0, 0.05) is 18.8 Å². The first-order valence-electron chi connectivity index (χ1n) is 10.4. The lowest BCUT2D eigenvalue weighted by Crippen LogP contribution is -2.45. The topological polar surface area (TPSA) is 83.4 Å². The van der Waals surface area contributed by atoms with Crippen molar-refractivity contribution in [2.24, 2.45) is 0 Å². The molecule has 2 fully saturated rings. The Kier molecular flexibility index (Phi) is 7.10. The fourth-order valence-corrected chi connectivity index (χ4v) is 4.40. The number of rotatable bonds is 5. The zero-order valence-electron chi connectivity index (χ0n) is 17.5. The van der Waals surface area contributed by atoms with Gasteiger partial charge in [-0.1, -0.05) is 23.4 Å². The maximum Gasteiger partial charge on any atom is 0.276 e. The molecule has 2 aromatic rings. The fraction of sp³-hybridized carbons (Fsp3) is 0.524. The molecular weight excluding hydrogens is 404 g/mol. The van der Waals surface area contributed by atoms with E-state index in [1.165, 1.54) is 0 Å². The van der Waals surface area contributed by atoms with E-state index in [-0.39, 0.29) is 30.3 Å². The molecule has 2 amide bonds. The Balaban J connectivity index is 0.00000256. The molecule has 0 bridgehead atoms. The molecule has 162 valence electrons. The molecule has 0 radical (unpaired) electrons. The number of amides is 2. The molecule has 1 unspecified atom stereocenters. The molecule has 1 aromatic carbocycles. The van der Waals surface area contributed by atoms with Crippen molar-refractivity contribution in [1.29, 1.82) is 0 Å². The number of piperidine rings is 1. The van der Waals surface area contributed by atoms with Crippen LogP contribution in [-0.4, -0.2) is 63.9 Å². The van der Waals surface area contributed by atoms with Crippen LogP contribution in [0, 0.1) is 6.92 Å². The minimum absolute atomic E-state index is 0. The molecule has 4 rings (SSSR count). The number of para-hydroxylation sites is 1. The Morgan fingerprint density at radius 1 is 1.20 bits per heavy atom. The van der Waals surface area contributed by atoms with Crippen molar-refractivity contribution >= 4 is 29.9 Å². The van der Waals surface area contributed by atoms with Gasteiger partial charge in [-0.25, -0.2) is 4.68 Å². The quantitative estimate of drug-likeness (QED) is 0.783. The first-order valence-corrected chi connectivity index (χ1v) is 10.4. The summed E-state index contributed by atoms with van der Waals surface area (Å²) in [5.74, 6) is -0.242. The molecule has 1 atom stereocenters. The SMILES string of the molecule is CCN(C(=O)c1nnn(C2CCNCC2)c1C)C1CCN(c2ccccc2)C1=O.Cl. The predicted octanol–water partition coefficient (Wildman–Crippen LogP) is 2.20. The van der Waals surface area contributed by atoms with Crippen molar-refractivity contribution < 1.29 is 9.59 Å². The lowest BCUT2D eigenvalue weighted by Gasteiger charge is -2.27. The third kappa shape index (κ3) is 4.06. The maximum absolute atomic E-state index is 13.3. The number of hydrogen-bond donors (Lipinski definition) is 1. The first kappa shape index (κ1) is 22.2. The van der Waals surface area contributed by atoms with Crippen molar-refractivity contribution in [1.82, 2.24) is 25.2 Å². The molecule has 2 aliphatic heterocycles. The summed E-state index contributed by atoms with van der Waals surface area (Å²) in [6.07, 6.45) is 2.57. The third-order valence-corrected chi connectivity index (χ3v) is 6.01. The van der Waals surface area contributed by atoms with E-state index in [1.807, 2.05) is 48.9 Å². The molecular formula is C21H29ClN6O2. The number of aromatic nitrogens is 3. The molecule has 0 saturated carbocycles. The smallest absolute Gasteiger partial charge is 0.276 e. The van der Waals surface area contributed by atoms with Crippen molar-refractivity contribution in [3.63, 3.8) is 0 Å². The van der Waals surface area contributed by atoms with E-state index in [4.69, 9.17) is 0 Å². The molecule has 1 aromatic heterocycles. The number of carbonyl (C=O) groups is 2. The van der Waals surface area contributed by atoms with Crippen LogP contribution in [0.15, 0.2) is 30.3 Å². The summed E-state index contributed by atoms with van der Waals surface area (Å²) in [5, 5.41) is 11.8. The van der Waals surface area contributed by atoms with Gasteiger partial charge in [0.05, 0.1) is 11.7 Å². The first-order chi connectivity index (χ1) is 14.1. The highest BCUT2D eigenvalue weighted by atomic mass is 35.5. The van der Waals surface area contributed by atoms with E-state index in [1.54, 1.807) is 9.80 Å². The maximum atomic E-state index is 13.3. The lowest BCUT2D eigenvalue weighted by atomic mass is 10.1. The third-order valence-electron chi connectivity index (χ3n) is 6.01. The van der Waals surface area contributed by atoms with Crippen LogP contribution in [0.5, 0.6) is 0 Å². The summed E-state index contributed by atoms with van der Waals surface area (Å²) >= 11 is 0. The van der Waals surface area contributed by atoms with Gasteiger partial charge >= 0.3 is 0 Å². The highest BCUT2D eigenvalue weighted by Crippen LogP contribution is 2.26. The molecule has 9 heteroatoms. The summed E-state index contributed by atoms with van der Waals surface area (Å²) in [5.41, 5.74) is 2.01. The van der Waals surface area contributed by atoms with E-state index in [0.29, 0.717) is 25.2 Å². The van der Waals surface area contributed by atoms with Crippen LogP contribution in [0.4, 0.5) is 5.69 Å². The summed E-state index contributed by atoms with van der Waals surface area (Å²) in [7, 11) is 0. The standard InChI is InChI=1S/C21H28N6O2.ClH/c1-3-25(18-11-14-26(20(18)28)16-7-5-4-6-8-16)21(29)19-15(2)27(24-23-19)17-9-12-22-13-10-17;/h4-8,17-18,22H,3,9-14H2,1-2H3;1H. The Morgan fingerprint density at radius 3 is 2.57 bits per heavy atom. The van der Waals surface area contributed by atoms with Crippen LogP contribution in [-0.2, 0) is 4.79 Å². The van der Waals surface area contributed by atoms with E-state index in [2.05, 4.69) is 15.6 Å². The summed E-state index contributed by atoms with van der Waals surface area (Å²) < 4.78 is 1.88. The van der Waals surface area contributed by atoms with E-state index >= 15 is 0 Å². The van der Waals surface area contributed by atoms with Gasteiger partial charge < -0.3 is 15.1 Å². The fourth-order valence-electron chi connectivity index (χ4n) is 4.40. The number of hydrogen-bond acceptors (Lipinski definition) is 5. The summed E-state index contributed by atoms with van der Waals surface area (Å²) in [6.45, 7) is 6.76. The number of halogens is 1. The minimum Gasteiger partial charge on any atom is -0.325 e. The van der Waals surface area contributed by atoms with Gasteiger partial charge in [0.15, 0.2) is 5.69 Å². The normalized spacial score (nSPS) is 19.6. The van der Waals surface area contributed by atoms with E-state index in [0.717, 1.165) is 37.3 Å². The average molecular weight is 433 g/mol. The largest absolute Gasteiger partial charge is 0.325 e. The Labute approximate surface area is 183 Å². The molecule has 30 heavy (non-hydrogen) atoms. The Morgan fingerprint density at radius 2 is 1.90 bits per heavy atom. The lowest BCUT2D eigenvalue weighted by molar-refractivity contribution is -0.120. The Hall–Kier alpha value is -2.45. The zero-order chi connectivity index (χ0) is 20.4. The van der Waals surface area contributed by atoms with Crippen LogP contribution in [0.1, 0.15) is 48.4 Å². The second-order valence-electron chi connectivity index (χ2n) is 7.67. The number of anilines is 1.